The van der Waals surface area contributed by atoms with E-state index in [9.17, 15) is 49.1 Å². The minimum absolute atomic E-state index is 0.0101. The van der Waals surface area contributed by atoms with E-state index in [0.29, 0.717) is 0 Å². The van der Waals surface area contributed by atoms with Crippen LogP contribution in [0.25, 0.3) is 27.4 Å². The molecule has 246 valence electrons. The Labute approximate surface area is 271 Å². The number of rotatable bonds is 8. The molecule has 0 fully saturated rings. The minimum atomic E-state index is -4.93. The summed E-state index contributed by atoms with van der Waals surface area (Å²) < 4.78 is 93.3. The van der Waals surface area contributed by atoms with Gasteiger partial charge in [-0.25, -0.2) is 13.4 Å². The third-order valence-electron chi connectivity index (χ3n) is 7.67. The number of nitrogens with zero attached hydrogens (tertiary/aromatic N) is 1. The van der Waals surface area contributed by atoms with Crippen molar-refractivity contribution in [3.63, 3.8) is 0 Å². The van der Waals surface area contributed by atoms with E-state index >= 15 is 0 Å². The predicted octanol–water partition coefficient (Wildman–Crippen LogP) is 1.67. The molecule has 1 heterocycles. The van der Waals surface area contributed by atoms with Crippen LogP contribution in [0.4, 0.5) is 11.4 Å². The summed E-state index contributed by atoms with van der Waals surface area (Å²) in [6.45, 7) is -0.225. The van der Waals surface area contributed by atoms with Crippen molar-refractivity contribution in [3.8, 4) is 0 Å². The second kappa shape index (κ2) is 11.6. The van der Waals surface area contributed by atoms with Gasteiger partial charge in [0.15, 0.2) is 15.3 Å². The number of aromatic nitrogens is 1. The molecule has 17 heteroatoms. The number of aliphatic hydroxyl groups is 1. The van der Waals surface area contributed by atoms with Crippen LogP contribution in [0.15, 0.2) is 103 Å². The van der Waals surface area contributed by atoms with Gasteiger partial charge in [0.25, 0.3) is 25.8 Å². The van der Waals surface area contributed by atoms with Gasteiger partial charge in [0.2, 0.25) is 0 Å². The van der Waals surface area contributed by atoms with Gasteiger partial charge in [-0.05, 0) is 47.9 Å². The highest BCUT2D eigenvalue weighted by Crippen LogP contribution is 2.32. The number of hydrogen-bond donors (Lipinski definition) is 5. The Morgan fingerprint density at radius 1 is 0.750 bits per heavy atom. The Bertz CT molecular complexity index is 2900. The van der Waals surface area contributed by atoms with E-state index < -0.39 is 73.3 Å². The molecule has 4 aromatic rings. The monoisotopic (exact) mass is 709 g/mol. The minimum Gasteiger partial charge on any atom is -0.506 e. The van der Waals surface area contributed by atoms with Crippen LogP contribution in [0.3, 0.4) is 0 Å². The van der Waals surface area contributed by atoms with Crippen LogP contribution in [0.5, 0.6) is 0 Å². The van der Waals surface area contributed by atoms with E-state index in [4.69, 9.17) is 5.73 Å². The lowest BCUT2D eigenvalue weighted by atomic mass is 9.96. The predicted molar refractivity (Wildman–Crippen MR) is 176 cm³/mol. The van der Waals surface area contributed by atoms with E-state index in [-0.39, 0.29) is 54.8 Å². The number of fused-ring (bicyclic) bond motifs is 2. The van der Waals surface area contributed by atoms with Crippen molar-refractivity contribution in [1.29, 1.82) is 0 Å². The van der Waals surface area contributed by atoms with Crippen molar-refractivity contribution in [2.75, 3.05) is 17.6 Å². The second-order valence-corrected chi connectivity index (χ2v) is 15.6. The first kappa shape index (κ1) is 32.9. The van der Waals surface area contributed by atoms with Gasteiger partial charge in [0, 0.05) is 27.9 Å². The molecule has 6 rings (SSSR count). The van der Waals surface area contributed by atoms with E-state index in [0.717, 1.165) is 30.3 Å². The number of nitrogens with one attached hydrogen (secondary N) is 1. The molecule has 4 aromatic carbocycles. The molecule has 0 amide bonds. The lowest BCUT2D eigenvalue weighted by Gasteiger charge is -2.15. The Balaban J connectivity index is 1.77. The Hall–Kier alpha value is -5.04. The molecule has 0 atom stereocenters. The molecule has 0 saturated carbocycles. The average Bonchev–Trinajstić information content (AvgIpc) is 3.02. The van der Waals surface area contributed by atoms with Crippen molar-refractivity contribution in [3.05, 3.63) is 121 Å². The third-order valence-corrected chi connectivity index (χ3v) is 11.2. The van der Waals surface area contributed by atoms with E-state index in [2.05, 4.69) is 10.3 Å². The van der Waals surface area contributed by atoms with Gasteiger partial charge in [-0.15, -0.1) is 0 Å². The number of hydrogen-bond acceptors (Lipinski definition) is 12. The zero-order valence-corrected chi connectivity index (χ0v) is 26.7. The van der Waals surface area contributed by atoms with Crippen molar-refractivity contribution >= 4 is 68.9 Å². The number of benzene rings is 4. The fourth-order valence-corrected chi connectivity index (χ4v) is 7.86. The van der Waals surface area contributed by atoms with Crippen molar-refractivity contribution in [2.45, 2.75) is 14.7 Å². The molecule has 48 heavy (non-hydrogen) atoms. The average molecular weight is 710 g/mol. The van der Waals surface area contributed by atoms with Gasteiger partial charge in [0.05, 0.1) is 43.0 Å². The Kier molecular flexibility index (Phi) is 7.94. The highest BCUT2D eigenvalue weighted by Gasteiger charge is 2.23. The summed E-state index contributed by atoms with van der Waals surface area (Å²) in [7, 11) is -13.6. The van der Waals surface area contributed by atoms with Crippen LogP contribution in [-0.4, -0.2) is 56.7 Å². The van der Waals surface area contributed by atoms with Gasteiger partial charge in [0.1, 0.15) is 10.7 Å². The number of sulfone groups is 1. The lowest BCUT2D eigenvalue weighted by Crippen LogP contribution is -2.33. The third kappa shape index (κ3) is 5.61. The van der Waals surface area contributed by atoms with Gasteiger partial charge in [-0.2, -0.15) is 16.8 Å². The van der Waals surface area contributed by atoms with Crippen molar-refractivity contribution in [2.24, 2.45) is 5.73 Å². The van der Waals surface area contributed by atoms with Crippen molar-refractivity contribution < 1.29 is 39.5 Å². The van der Waals surface area contributed by atoms with Crippen molar-refractivity contribution in [1.82, 2.24) is 4.98 Å². The zero-order valence-electron chi connectivity index (χ0n) is 24.3. The first-order chi connectivity index (χ1) is 22.5. The summed E-state index contributed by atoms with van der Waals surface area (Å²) in [5.41, 5.74) is 3.27. The van der Waals surface area contributed by atoms with Gasteiger partial charge >= 0.3 is 0 Å². The van der Waals surface area contributed by atoms with Crippen LogP contribution in [0.2, 0.25) is 0 Å². The van der Waals surface area contributed by atoms with Gasteiger partial charge in [-0.3, -0.25) is 18.7 Å². The van der Waals surface area contributed by atoms with E-state index in [1.54, 1.807) is 12.1 Å². The largest absolute Gasteiger partial charge is 0.506 e. The number of nitrogens with two attached hydrogens (primary N) is 1. The topological polar surface area (TPSA) is 248 Å². The molecular formula is C31H23N3O11S3. The highest BCUT2D eigenvalue weighted by molar-refractivity contribution is 7.91. The maximum absolute atomic E-state index is 14.1. The first-order valence-corrected chi connectivity index (χ1v) is 18.3. The maximum atomic E-state index is 14.1. The van der Waals surface area contributed by atoms with Crippen LogP contribution in [0, 0.1) is 10.4 Å². The summed E-state index contributed by atoms with van der Waals surface area (Å²) in [4.78, 5) is 30.1. The molecule has 0 aromatic heterocycles. The molecule has 14 nitrogen and oxygen atoms in total. The second-order valence-electron chi connectivity index (χ2n) is 10.6. The SMILES string of the molecule is NCCS(=O)(=O)c1ccc(S(=O)(=O)O)c(Nc2ccc3nc(=O)c(=C(O)c4cccc(S(=O)(=O)O)c4)c4c5ccccc5c(=O)c2c3=4)c1. The molecule has 6 N–H and O–H groups in total. The fraction of sp³-hybridized carbons (Fsp3) is 0.0645. The van der Waals surface area contributed by atoms with E-state index in [1.165, 1.54) is 36.4 Å². The van der Waals surface area contributed by atoms with Crippen LogP contribution < -0.4 is 27.3 Å². The number of anilines is 2. The molecule has 0 unspecified atom stereocenters. The summed E-state index contributed by atoms with van der Waals surface area (Å²) in [6.07, 6.45) is 0. The molecule has 1 aliphatic heterocycles. The fourth-order valence-electron chi connectivity index (χ4n) is 5.59. The Morgan fingerprint density at radius 2 is 1.46 bits per heavy atom. The highest BCUT2D eigenvalue weighted by atomic mass is 32.2. The van der Waals surface area contributed by atoms with E-state index in [1.807, 2.05) is 0 Å². The van der Waals surface area contributed by atoms with Crippen LogP contribution in [0.1, 0.15) is 5.56 Å². The molecule has 2 aliphatic rings. The van der Waals surface area contributed by atoms with Crippen LogP contribution >= 0.6 is 0 Å². The first-order valence-electron chi connectivity index (χ1n) is 13.8. The smallest absolute Gasteiger partial charge is 0.296 e. The Morgan fingerprint density at radius 3 is 2.12 bits per heavy atom. The quantitative estimate of drug-likeness (QED) is 0.141. The summed E-state index contributed by atoms with van der Waals surface area (Å²) in [5, 5.41) is 14.1. The summed E-state index contributed by atoms with van der Waals surface area (Å²) in [6, 6.07) is 16.2. The number of aliphatic hydroxyl groups excluding tert-OH is 1. The molecule has 0 spiro atoms. The molecule has 0 radical (unpaired) electrons. The standard InChI is InChI=1S/C31H23N3O11S3/c32-12-13-46(38,39)17-8-11-24(48(43,44)45)23(15-17)33-22-10-9-21-26-25(19-6-1-2-7-20(19)30(36)27(22)26)28(31(37)34-21)29(35)16-4-3-5-18(14-16)47(40,41)42/h1-11,14-15,33,35H,12-13,32H2,(H,40,41,42)(H,43,44,45). The molecule has 0 saturated heterocycles. The zero-order chi connectivity index (χ0) is 34.8. The molecule has 1 aliphatic carbocycles. The summed E-state index contributed by atoms with van der Waals surface area (Å²) >= 11 is 0. The van der Waals surface area contributed by atoms with Crippen LogP contribution in [-0.2, 0) is 30.1 Å². The molecular weight excluding hydrogens is 687 g/mol. The lowest BCUT2D eigenvalue weighted by molar-refractivity contribution is 0.480. The normalized spacial score (nSPS) is 13.3. The maximum Gasteiger partial charge on any atom is 0.296 e. The van der Waals surface area contributed by atoms with Gasteiger partial charge in [-0.1, -0.05) is 36.4 Å². The summed E-state index contributed by atoms with van der Waals surface area (Å²) in [5.74, 6) is -1.17. The van der Waals surface area contributed by atoms with Gasteiger partial charge < -0.3 is 16.2 Å². The molecule has 0 bridgehead atoms.